The highest BCUT2D eigenvalue weighted by Crippen LogP contribution is 2.29. The summed E-state index contributed by atoms with van der Waals surface area (Å²) in [6.07, 6.45) is 14.7. The van der Waals surface area contributed by atoms with Gasteiger partial charge in [-0.1, -0.05) is 24.5 Å². The average molecular weight is 655 g/mol. The minimum absolute atomic E-state index is 0.0446. The van der Waals surface area contributed by atoms with Crippen LogP contribution in [0, 0.1) is 0 Å². The molecule has 0 unspecified atom stereocenters. The zero-order chi connectivity index (χ0) is 32.8. The number of aryl methyl sites for hydroxylation is 1. The monoisotopic (exact) mass is 654 g/mol. The van der Waals surface area contributed by atoms with E-state index in [2.05, 4.69) is 36.9 Å². The van der Waals surface area contributed by atoms with Crippen LogP contribution in [0.1, 0.15) is 88.3 Å². The van der Waals surface area contributed by atoms with E-state index in [1.807, 2.05) is 10.9 Å². The summed E-state index contributed by atoms with van der Waals surface area (Å²) in [6, 6.07) is -0.110. The second-order valence-corrected chi connectivity index (χ2v) is 13.1. The number of aromatic nitrogens is 5. The molecule has 47 heavy (non-hydrogen) atoms. The lowest BCUT2D eigenvalue weighted by molar-refractivity contribution is -0.139. The number of nitrogens with one attached hydrogen (secondary N) is 5. The summed E-state index contributed by atoms with van der Waals surface area (Å²) in [4.78, 5) is 34.9. The molecule has 2 aliphatic heterocycles. The third-order valence-electron chi connectivity index (χ3n) is 9.40. The fraction of sp³-hybridized carbons (Fsp3) is 0.750. The number of piperidine rings is 1. The van der Waals surface area contributed by atoms with E-state index in [9.17, 15) is 9.59 Å². The largest absolute Gasteiger partial charge is 0.480 e. The van der Waals surface area contributed by atoms with E-state index in [0.29, 0.717) is 25.6 Å². The minimum atomic E-state index is -1.08. The quantitative estimate of drug-likeness (QED) is 0.115. The number of nitrogens with two attached hydrogens (primary N) is 1. The van der Waals surface area contributed by atoms with Gasteiger partial charge in [-0.05, 0) is 77.4 Å². The molecule has 1 saturated heterocycles. The number of hydrogen-bond donors (Lipinski definition) is 7. The molecule has 0 aromatic carbocycles. The van der Waals surface area contributed by atoms with Gasteiger partial charge in [-0.15, -0.1) is 5.10 Å². The molecule has 2 fully saturated rings. The smallest absolute Gasteiger partial charge is 0.320 e. The minimum Gasteiger partial charge on any atom is -0.480 e. The Morgan fingerprint density at radius 2 is 1.83 bits per heavy atom. The van der Waals surface area contributed by atoms with Crippen LogP contribution >= 0.6 is 0 Å². The molecule has 1 amide bonds. The number of amides is 1. The Morgan fingerprint density at radius 1 is 1.02 bits per heavy atom. The molecule has 8 N–H and O–H groups in total. The first-order chi connectivity index (χ1) is 22.9. The Morgan fingerprint density at radius 3 is 2.64 bits per heavy atom. The van der Waals surface area contributed by atoms with E-state index >= 15 is 0 Å². The SMILES string of the molecule is N[C@@H](CCC(=O)N1CCC(Nc2nc(NCc3cn(CCCNCCCNC4CCCCC4)nn3)nc3c2CCCN3)CC1)C(=O)O. The van der Waals surface area contributed by atoms with E-state index in [4.69, 9.17) is 20.8 Å². The molecule has 1 atom stereocenters. The molecule has 0 bridgehead atoms. The van der Waals surface area contributed by atoms with Gasteiger partial charge in [-0.2, -0.15) is 9.97 Å². The van der Waals surface area contributed by atoms with E-state index in [1.165, 1.54) is 32.1 Å². The van der Waals surface area contributed by atoms with E-state index in [0.717, 1.165) is 100 Å². The molecule has 1 aliphatic carbocycles. The maximum atomic E-state index is 12.6. The Hall–Kier alpha value is -3.56. The lowest BCUT2D eigenvalue weighted by Gasteiger charge is -2.33. The molecule has 0 radical (unpaired) electrons. The Kier molecular flexibility index (Phi) is 13.4. The van der Waals surface area contributed by atoms with Crippen LogP contribution in [0.15, 0.2) is 6.20 Å². The molecular formula is C32H54N12O3. The third kappa shape index (κ3) is 11.0. The molecule has 5 rings (SSSR count). The number of rotatable bonds is 18. The lowest BCUT2D eigenvalue weighted by atomic mass is 9.95. The van der Waals surface area contributed by atoms with Crippen molar-refractivity contribution in [2.24, 2.45) is 5.73 Å². The van der Waals surface area contributed by atoms with Crippen LogP contribution in [0.5, 0.6) is 0 Å². The third-order valence-corrected chi connectivity index (χ3v) is 9.40. The van der Waals surface area contributed by atoms with Gasteiger partial charge in [0, 0.05) is 50.2 Å². The number of carboxylic acids is 1. The van der Waals surface area contributed by atoms with Crippen molar-refractivity contribution in [3.05, 3.63) is 17.5 Å². The number of fused-ring (bicyclic) bond motifs is 1. The van der Waals surface area contributed by atoms with Crippen molar-refractivity contribution in [2.75, 3.05) is 55.2 Å². The molecular weight excluding hydrogens is 600 g/mol. The van der Waals surface area contributed by atoms with Gasteiger partial charge in [0.05, 0.1) is 12.7 Å². The molecule has 2 aromatic rings. The van der Waals surface area contributed by atoms with Gasteiger partial charge in [0.2, 0.25) is 11.9 Å². The molecule has 4 heterocycles. The van der Waals surface area contributed by atoms with Crippen molar-refractivity contribution in [2.45, 2.75) is 115 Å². The van der Waals surface area contributed by atoms with Crippen LogP contribution in [-0.2, 0) is 29.1 Å². The Labute approximate surface area is 277 Å². The number of likely N-dealkylation sites (tertiary alicyclic amines) is 1. The maximum Gasteiger partial charge on any atom is 0.320 e. The summed E-state index contributed by atoms with van der Waals surface area (Å²) in [5.41, 5.74) is 7.48. The zero-order valence-electron chi connectivity index (χ0n) is 27.7. The normalized spacial score (nSPS) is 17.9. The first-order valence-corrected chi connectivity index (χ1v) is 17.7. The maximum absolute atomic E-state index is 12.6. The summed E-state index contributed by atoms with van der Waals surface area (Å²) in [5.74, 6) is 1.07. The molecule has 0 spiro atoms. The Balaban J connectivity index is 1.02. The summed E-state index contributed by atoms with van der Waals surface area (Å²) in [7, 11) is 0. The predicted molar refractivity (Wildman–Crippen MR) is 181 cm³/mol. The van der Waals surface area contributed by atoms with Gasteiger partial charge in [0.1, 0.15) is 23.4 Å². The highest BCUT2D eigenvalue weighted by molar-refractivity contribution is 5.78. The number of anilines is 3. The van der Waals surface area contributed by atoms with Crippen molar-refractivity contribution >= 4 is 29.5 Å². The highest BCUT2D eigenvalue weighted by atomic mass is 16.4. The van der Waals surface area contributed by atoms with Gasteiger partial charge in [0.15, 0.2) is 0 Å². The van der Waals surface area contributed by atoms with Gasteiger partial charge in [-0.3, -0.25) is 14.3 Å². The van der Waals surface area contributed by atoms with Crippen LogP contribution in [0.4, 0.5) is 17.6 Å². The number of aliphatic carboxylic acids is 1. The van der Waals surface area contributed by atoms with Crippen LogP contribution < -0.4 is 32.3 Å². The number of carbonyl (C=O) groups is 2. The predicted octanol–water partition coefficient (Wildman–Crippen LogP) is 1.93. The topological polar surface area (TPSA) is 200 Å². The van der Waals surface area contributed by atoms with Gasteiger partial charge < -0.3 is 42.3 Å². The summed E-state index contributed by atoms with van der Waals surface area (Å²) >= 11 is 0. The molecule has 15 heteroatoms. The zero-order valence-corrected chi connectivity index (χ0v) is 27.7. The van der Waals surface area contributed by atoms with Crippen molar-refractivity contribution < 1.29 is 14.7 Å². The lowest BCUT2D eigenvalue weighted by Crippen LogP contribution is -2.43. The molecule has 15 nitrogen and oxygen atoms in total. The fourth-order valence-electron chi connectivity index (χ4n) is 6.58. The number of carboxylic acid groups (broad SMARTS) is 1. The van der Waals surface area contributed by atoms with Crippen LogP contribution in [-0.4, -0.2) is 104 Å². The standard InChI is InChI=1S/C32H54N12O3/c33-27(31(46)47)10-11-28(45)43-19-12-24(13-20-43)38-30-26-9-4-16-36-29(26)39-32(40-30)37-21-25-22-44(42-41-25)18-6-15-34-14-5-17-35-23-7-2-1-3-8-23/h22-24,27,34-35H,1-21,33H2,(H,46,47)(H3,36,37,38,39,40)/t27-/m0/s1. The summed E-state index contributed by atoms with van der Waals surface area (Å²) in [5, 5.41) is 35.2. The van der Waals surface area contributed by atoms with Crippen molar-refractivity contribution in [3.8, 4) is 0 Å². The first kappa shape index (κ1) is 34.8. The van der Waals surface area contributed by atoms with Crippen LogP contribution in [0.3, 0.4) is 0 Å². The second kappa shape index (κ2) is 18.1. The van der Waals surface area contributed by atoms with Gasteiger partial charge in [0.25, 0.3) is 0 Å². The van der Waals surface area contributed by atoms with E-state index < -0.39 is 12.0 Å². The second-order valence-electron chi connectivity index (χ2n) is 13.1. The van der Waals surface area contributed by atoms with Crippen LogP contribution in [0.25, 0.3) is 0 Å². The van der Waals surface area contributed by atoms with Gasteiger partial charge >= 0.3 is 5.97 Å². The summed E-state index contributed by atoms with van der Waals surface area (Å²) in [6.45, 7) is 6.45. The van der Waals surface area contributed by atoms with Crippen molar-refractivity contribution in [3.63, 3.8) is 0 Å². The molecule has 260 valence electrons. The van der Waals surface area contributed by atoms with Crippen molar-refractivity contribution in [1.82, 2.24) is 40.5 Å². The average Bonchev–Trinajstić information content (AvgIpc) is 3.55. The van der Waals surface area contributed by atoms with E-state index in [-0.39, 0.29) is 24.8 Å². The fourth-order valence-corrected chi connectivity index (χ4v) is 6.58. The first-order valence-electron chi connectivity index (χ1n) is 17.7. The van der Waals surface area contributed by atoms with E-state index in [1.54, 1.807) is 4.90 Å². The highest BCUT2D eigenvalue weighted by Gasteiger charge is 2.26. The summed E-state index contributed by atoms with van der Waals surface area (Å²) < 4.78 is 1.89. The Bertz CT molecular complexity index is 1280. The van der Waals surface area contributed by atoms with Crippen LogP contribution in [0.2, 0.25) is 0 Å². The van der Waals surface area contributed by atoms with Crippen molar-refractivity contribution in [1.29, 1.82) is 0 Å². The van der Waals surface area contributed by atoms with Gasteiger partial charge in [-0.25, -0.2) is 0 Å². The molecule has 3 aliphatic rings. The molecule has 1 saturated carbocycles. The molecule has 2 aromatic heterocycles. The number of hydrogen-bond acceptors (Lipinski definition) is 12. The number of nitrogens with zero attached hydrogens (tertiary/aromatic N) is 6. The number of carbonyl (C=O) groups excluding carboxylic acids is 1.